The Balaban J connectivity index is 1.61. The van der Waals surface area contributed by atoms with Crippen molar-refractivity contribution in [1.82, 2.24) is 5.32 Å². The van der Waals surface area contributed by atoms with Crippen LogP contribution in [0, 0.1) is 0 Å². The van der Waals surface area contributed by atoms with E-state index in [1.165, 1.54) is 6.92 Å². The summed E-state index contributed by atoms with van der Waals surface area (Å²) in [4.78, 5) is 35.6. The van der Waals surface area contributed by atoms with E-state index in [1.54, 1.807) is 36.0 Å². The van der Waals surface area contributed by atoms with Gasteiger partial charge in [-0.3, -0.25) is 14.4 Å². The average molecular weight is 386 g/mol. The van der Waals surface area contributed by atoms with Gasteiger partial charge in [0, 0.05) is 29.8 Å². The van der Waals surface area contributed by atoms with Crippen molar-refractivity contribution in [2.24, 2.45) is 0 Å². The molecule has 0 spiro atoms. The predicted molar refractivity (Wildman–Crippen MR) is 106 cm³/mol. The molecule has 0 atom stereocenters. The minimum absolute atomic E-state index is 0.0670. The Kier molecular flexibility index (Phi) is 8.38. The molecule has 0 saturated carbocycles. The van der Waals surface area contributed by atoms with E-state index in [-0.39, 0.29) is 24.8 Å². The highest BCUT2D eigenvalue weighted by molar-refractivity contribution is 7.99. The van der Waals surface area contributed by atoms with Gasteiger partial charge in [0.15, 0.2) is 6.61 Å². The van der Waals surface area contributed by atoms with Crippen molar-refractivity contribution in [3.8, 4) is 0 Å². The summed E-state index contributed by atoms with van der Waals surface area (Å²) in [6.45, 7) is 1.63. The van der Waals surface area contributed by atoms with E-state index in [4.69, 9.17) is 4.74 Å². The summed E-state index contributed by atoms with van der Waals surface area (Å²) in [6.07, 6.45) is 0.0670. The number of amides is 2. The summed E-state index contributed by atoms with van der Waals surface area (Å²) in [7, 11) is 0. The second-order valence-corrected chi connectivity index (χ2v) is 6.90. The van der Waals surface area contributed by atoms with Crippen molar-refractivity contribution in [2.75, 3.05) is 24.2 Å². The zero-order valence-corrected chi connectivity index (χ0v) is 15.9. The fourth-order valence-electron chi connectivity index (χ4n) is 2.20. The van der Waals surface area contributed by atoms with Gasteiger partial charge in [-0.2, -0.15) is 0 Å². The van der Waals surface area contributed by atoms with E-state index in [0.717, 1.165) is 16.2 Å². The molecule has 0 radical (unpaired) electrons. The van der Waals surface area contributed by atoms with Gasteiger partial charge in [0.2, 0.25) is 5.91 Å². The van der Waals surface area contributed by atoms with Crippen LogP contribution in [-0.2, 0) is 25.5 Å². The molecule has 0 aliphatic heterocycles. The van der Waals surface area contributed by atoms with Crippen LogP contribution in [0.15, 0.2) is 59.5 Å². The van der Waals surface area contributed by atoms with Gasteiger partial charge in [-0.05, 0) is 29.8 Å². The third-order valence-electron chi connectivity index (χ3n) is 3.42. The Morgan fingerprint density at radius 3 is 2.37 bits per heavy atom. The van der Waals surface area contributed by atoms with Crippen LogP contribution in [0.4, 0.5) is 5.69 Å². The molecule has 0 fully saturated rings. The Morgan fingerprint density at radius 2 is 1.70 bits per heavy atom. The van der Waals surface area contributed by atoms with E-state index in [2.05, 4.69) is 10.6 Å². The van der Waals surface area contributed by atoms with Gasteiger partial charge < -0.3 is 15.4 Å². The fourth-order valence-corrected chi connectivity index (χ4v) is 2.99. The lowest BCUT2D eigenvalue weighted by atomic mass is 10.1. The molecule has 0 aliphatic rings. The second kappa shape index (κ2) is 11.0. The third kappa shape index (κ3) is 8.42. The number of hydrogen-bond donors (Lipinski definition) is 2. The van der Waals surface area contributed by atoms with Gasteiger partial charge in [-0.25, -0.2) is 0 Å². The average Bonchev–Trinajstić information content (AvgIpc) is 2.65. The Labute approximate surface area is 162 Å². The standard InChI is InChI=1S/C20H22N2O4S/c1-15(23)22-17-9-7-16(8-10-17)13-20(25)26-14-19(24)21-11-12-27-18-5-3-2-4-6-18/h2-10H,11-14H2,1H3,(H,21,24)(H,22,23). The number of thioether (sulfide) groups is 1. The Hall–Kier alpha value is -2.80. The fraction of sp³-hybridized carbons (Fsp3) is 0.250. The van der Waals surface area contributed by atoms with Crippen LogP contribution in [0.5, 0.6) is 0 Å². The molecule has 0 saturated heterocycles. The maximum absolute atomic E-state index is 11.8. The van der Waals surface area contributed by atoms with Gasteiger partial charge in [-0.15, -0.1) is 11.8 Å². The molecule has 2 amide bonds. The quantitative estimate of drug-likeness (QED) is 0.393. The van der Waals surface area contributed by atoms with Gasteiger partial charge >= 0.3 is 5.97 Å². The van der Waals surface area contributed by atoms with Crippen LogP contribution in [0.2, 0.25) is 0 Å². The van der Waals surface area contributed by atoms with Crippen LogP contribution in [-0.4, -0.2) is 36.7 Å². The summed E-state index contributed by atoms with van der Waals surface area (Å²) in [5.41, 5.74) is 1.40. The molecule has 2 N–H and O–H groups in total. The molecule has 0 unspecified atom stereocenters. The maximum Gasteiger partial charge on any atom is 0.310 e. The van der Waals surface area contributed by atoms with Crippen molar-refractivity contribution < 1.29 is 19.1 Å². The largest absolute Gasteiger partial charge is 0.455 e. The van der Waals surface area contributed by atoms with Gasteiger partial charge in [0.05, 0.1) is 6.42 Å². The summed E-state index contributed by atoms with van der Waals surface area (Å²) in [6, 6.07) is 16.8. The number of ether oxygens (including phenoxy) is 1. The number of carbonyl (C=O) groups excluding carboxylic acids is 3. The minimum Gasteiger partial charge on any atom is -0.455 e. The number of rotatable bonds is 9. The van der Waals surface area contributed by atoms with E-state index in [9.17, 15) is 14.4 Å². The van der Waals surface area contributed by atoms with Crippen molar-refractivity contribution in [2.45, 2.75) is 18.2 Å². The van der Waals surface area contributed by atoms with E-state index in [1.807, 2.05) is 30.3 Å². The lowest BCUT2D eigenvalue weighted by Crippen LogP contribution is -2.30. The minimum atomic E-state index is -0.476. The molecule has 2 aromatic carbocycles. The first-order valence-corrected chi connectivity index (χ1v) is 9.48. The normalized spacial score (nSPS) is 10.1. The molecule has 2 aromatic rings. The first-order valence-electron chi connectivity index (χ1n) is 8.49. The summed E-state index contributed by atoms with van der Waals surface area (Å²) in [5.74, 6) is -0.214. The monoisotopic (exact) mass is 386 g/mol. The van der Waals surface area contributed by atoms with Crippen LogP contribution in [0.3, 0.4) is 0 Å². The van der Waals surface area contributed by atoms with E-state index < -0.39 is 5.97 Å². The molecule has 6 nitrogen and oxygen atoms in total. The number of anilines is 1. The smallest absolute Gasteiger partial charge is 0.310 e. The molecule has 27 heavy (non-hydrogen) atoms. The van der Waals surface area contributed by atoms with E-state index in [0.29, 0.717) is 12.2 Å². The molecular weight excluding hydrogens is 364 g/mol. The van der Waals surface area contributed by atoms with Crippen molar-refractivity contribution in [3.05, 3.63) is 60.2 Å². The zero-order chi connectivity index (χ0) is 19.5. The highest BCUT2D eigenvalue weighted by Gasteiger charge is 2.08. The topological polar surface area (TPSA) is 84.5 Å². The predicted octanol–water partition coefficient (Wildman–Crippen LogP) is 2.64. The lowest BCUT2D eigenvalue weighted by molar-refractivity contribution is -0.147. The molecule has 0 aliphatic carbocycles. The summed E-state index contributed by atoms with van der Waals surface area (Å²) in [5, 5.41) is 5.37. The number of carbonyl (C=O) groups is 3. The highest BCUT2D eigenvalue weighted by Crippen LogP contribution is 2.15. The Morgan fingerprint density at radius 1 is 1.00 bits per heavy atom. The van der Waals surface area contributed by atoms with Crippen molar-refractivity contribution in [1.29, 1.82) is 0 Å². The van der Waals surface area contributed by atoms with Gasteiger partial charge in [0.25, 0.3) is 5.91 Å². The van der Waals surface area contributed by atoms with Crippen molar-refractivity contribution >= 4 is 35.2 Å². The number of hydrogen-bond acceptors (Lipinski definition) is 5. The third-order valence-corrected chi connectivity index (χ3v) is 4.44. The van der Waals surface area contributed by atoms with Gasteiger partial charge in [0.1, 0.15) is 0 Å². The van der Waals surface area contributed by atoms with Crippen molar-refractivity contribution in [3.63, 3.8) is 0 Å². The molecular formula is C20H22N2O4S. The molecule has 0 bridgehead atoms. The highest BCUT2D eigenvalue weighted by atomic mass is 32.2. The second-order valence-electron chi connectivity index (χ2n) is 5.73. The SMILES string of the molecule is CC(=O)Nc1ccc(CC(=O)OCC(=O)NCCSc2ccccc2)cc1. The first-order chi connectivity index (χ1) is 13.0. The van der Waals surface area contributed by atoms with Crippen LogP contribution < -0.4 is 10.6 Å². The summed E-state index contributed by atoms with van der Waals surface area (Å²) < 4.78 is 4.99. The molecule has 0 heterocycles. The first kappa shape index (κ1) is 20.5. The number of benzene rings is 2. The lowest BCUT2D eigenvalue weighted by Gasteiger charge is -2.07. The summed E-state index contributed by atoms with van der Waals surface area (Å²) >= 11 is 1.64. The molecule has 0 aromatic heterocycles. The van der Waals surface area contributed by atoms with Crippen LogP contribution in [0.1, 0.15) is 12.5 Å². The van der Waals surface area contributed by atoms with E-state index >= 15 is 0 Å². The maximum atomic E-state index is 11.8. The van der Waals surface area contributed by atoms with Crippen LogP contribution >= 0.6 is 11.8 Å². The van der Waals surface area contributed by atoms with Crippen LogP contribution in [0.25, 0.3) is 0 Å². The molecule has 2 rings (SSSR count). The number of nitrogens with one attached hydrogen (secondary N) is 2. The number of esters is 1. The molecule has 142 valence electrons. The Bertz CT molecular complexity index is 763. The van der Waals surface area contributed by atoms with Gasteiger partial charge in [-0.1, -0.05) is 30.3 Å². The molecule has 7 heteroatoms. The zero-order valence-electron chi connectivity index (χ0n) is 15.1.